The summed E-state index contributed by atoms with van der Waals surface area (Å²) >= 11 is 0. The SMILES string of the molecule is O=c1[nH]nc2ccc(-c3ccc(Oc4ccc(F)cc4)cc3)cn12. The lowest BCUT2D eigenvalue weighted by atomic mass is 10.1. The molecule has 0 radical (unpaired) electrons. The van der Waals surface area contributed by atoms with Crippen molar-refractivity contribution in [1.29, 1.82) is 0 Å². The Balaban J connectivity index is 1.61. The highest BCUT2D eigenvalue weighted by Crippen LogP contribution is 2.26. The predicted molar refractivity (Wildman–Crippen MR) is 87.7 cm³/mol. The van der Waals surface area contributed by atoms with Crippen LogP contribution in [0.15, 0.2) is 71.7 Å². The third kappa shape index (κ3) is 2.65. The highest BCUT2D eigenvalue weighted by atomic mass is 19.1. The number of ether oxygens (including phenoxy) is 1. The maximum Gasteiger partial charge on any atom is 0.347 e. The number of H-pyrrole nitrogens is 1. The zero-order valence-corrected chi connectivity index (χ0v) is 12.4. The molecule has 0 atom stereocenters. The zero-order valence-electron chi connectivity index (χ0n) is 12.4. The number of rotatable bonds is 3. The van der Waals surface area contributed by atoms with E-state index in [1.54, 1.807) is 24.4 Å². The van der Waals surface area contributed by atoms with Gasteiger partial charge in [0.1, 0.15) is 17.3 Å². The van der Waals surface area contributed by atoms with Crippen LogP contribution in [0.25, 0.3) is 16.8 Å². The number of benzene rings is 2. The lowest BCUT2D eigenvalue weighted by Gasteiger charge is -2.07. The molecule has 0 aliphatic rings. The molecule has 0 bridgehead atoms. The summed E-state index contributed by atoms with van der Waals surface area (Å²) < 4.78 is 20.0. The molecule has 1 N–H and O–H groups in total. The van der Waals surface area contributed by atoms with Crippen LogP contribution in [0.3, 0.4) is 0 Å². The largest absolute Gasteiger partial charge is 0.457 e. The molecule has 0 saturated heterocycles. The minimum absolute atomic E-state index is 0.275. The Labute approximate surface area is 136 Å². The van der Waals surface area contributed by atoms with Crippen LogP contribution < -0.4 is 10.4 Å². The lowest BCUT2D eigenvalue weighted by Crippen LogP contribution is -2.08. The summed E-state index contributed by atoms with van der Waals surface area (Å²) in [5.41, 5.74) is 2.12. The van der Waals surface area contributed by atoms with Crippen molar-refractivity contribution in [1.82, 2.24) is 14.6 Å². The maximum atomic E-state index is 12.9. The van der Waals surface area contributed by atoms with Gasteiger partial charge in [-0.3, -0.25) is 0 Å². The molecule has 0 spiro atoms. The number of fused-ring (bicyclic) bond motifs is 1. The van der Waals surface area contributed by atoms with Gasteiger partial charge in [0, 0.05) is 6.20 Å². The Morgan fingerprint density at radius 2 is 1.50 bits per heavy atom. The number of hydrogen-bond acceptors (Lipinski definition) is 3. The molecule has 118 valence electrons. The normalized spacial score (nSPS) is 10.9. The minimum atomic E-state index is -0.303. The van der Waals surface area contributed by atoms with Gasteiger partial charge in [0.25, 0.3) is 0 Å². The monoisotopic (exact) mass is 321 g/mol. The fraction of sp³-hybridized carbons (Fsp3) is 0. The Bertz CT molecular complexity index is 1050. The van der Waals surface area contributed by atoms with Gasteiger partial charge in [-0.05, 0) is 59.7 Å². The second-order valence-corrected chi connectivity index (χ2v) is 5.26. The molecule has 6 heteroatoms. The van der Waals surface area contributed by atoms with E-state index in [2.05, 4.69) is 10.2 Å². The molecule has 0 amide bonds. The standard InChI is InChI=1S/C18H12FN3O2/c19-14-4-8-16(9-5-14)24-15-6-1-12(2-7-15)13-3-10-17-20-21-18(23)22(17)11-13/h1-11H,(H,21,23). The summed E-state index contributed by atoms with van der Waals surface area (Å²) in [6, 6.07) is 16.9. The fourth-order valence-corrected chi connectivity index (χ4v) is 2.43. The first-order chi connectivity index (χ1) is 11.7. The van der Waals surface area contributed by atoms with E-state index in [0.717, 1.165) is 11.1 Å². The van der Waals surface area contributed by atoms with E-state index >= 15 is 0 Å². The van der Waals surface area contributed by atoms with E-state index < -0.39 is 0 Å². The molecule has 0 unspecified atom stereocenters. The summed E-state index contributed by atoms with van der Waals surface area (Å²) in [5, 5.41) is 6.31. The quantitative estimate of drug-likeness (QED) is 0.627. The minimum Gasteiger partial charge on any atom is -0.457 e. The van der Waals surface area contributed by atoms with Gasteiger partial charge < -0.3 is 4.74 Å². The van der Waals surface area contributed by atoms with Crippen LogP contribution in [0.1, 0.15) is 0 Å². The van der Waals surface area contributed by atoms with Gasteiger partial charge in [0.05, 0.1) is 0 Å². The number of aromatic nitrogens is 3. The van der Waals surface area contributed by atoms with E-state index in [1.165, 1.54) is 16.5 Å². The highest BCUT2D eigenvalue weighted by Gasteiger charge is 2.04. The van der Waals surface area contributed by atoms with Gasteiger partial charge in [-0.2, -0.15) is 5.10 Å². The molecule has 0 fully saturated rings. The molecule has 5 nitrogen and oxygen atoms in total. The average Bonchev–Trinajstić information content (AvgIpc) is 2.98. The predicted octanol–water partition coefficient (Wildman–Crippen LogP) is 3.62. The molecule has 4 rings (SSSR count). The summed E-state index contributed by atoms with van der Waals surface area (Å²) in [6.45, 7) is 0. The second kappa shape index (κ2) is 5.66. The molecule has 0 aliphatic heterocycles. The smallest absolute Gasteiger partial charge is 0.347 e. The van der Waals surface area contributed by atoms with Crippen LogP contribution in [0, 0.1) is 5.82 Å². The van der Waals surface area contributed by atoms with E-state index in [0.29, 0.717) is 17.1 Å². The summed E-state index contributed by atoms with van der Waals surface area (Å²) in [6.07, 6.45) is 1.73. The van der Waals surface area contributed by atoms with Crippen LogP contribution in [-0.4, -0.2) is 14.6 Å². The van der Waals surface area contributed by atoms with Crippen LogP contribution in [0.2, 0.25) is 0 Å². The van der Waals surface area contributed by atoms with Gasteiger partial charge in [0.15, 0.2) is 5.65 Å². The first-order valence-corrected chi connectivity index (χ1v) is 7.30. The molecule has 0 aliphatic carbocycles. The van der Waals surface area contributed by atoms with E-state index in [1.807, 2.05) is 30.3 Å². The average molecular weight is 321 g/mol. The van der Waals surface area contributed by atoms with Crippen molar-refractivity contribution in [3.63, 3.8) is 0 Å². The van der Waals surface area contributed by atoms with Gasteiger partial charge in [0.2, 0.25) is 0 Å². The Morgan fingerprint density at radius 3 is 2.21 bits per heavy atom. The van der Waals surface area contributed by atoms with E-state index in [-0.39, 0.29) is 11.5 Å². The van der Waals surface area contributed by atoms with Crippen molar-refractivity contribution >= 4 is 5.65 Å². The summed E-state index contributed by atoms with van der Waals surface area (Å²) in [7, 11) is 0. The Morgan fingerprint density at radius 1 is 0.875 bits per heavy atom. The highest BCUT2D eigenvalue weighted by molar-refractivity contribution is 5.65. The third-order valence-corrected chi connectivity index (χ3v) is 3.65. The molecule has 0 saturated carbocycles. The number of nitrogens with one attached hydrogen (secondary N) is 1. The van der Waals surface area contributed by atoms with Gasteiger partial charge in [-0.25, -0.2) is 18.7 Å². The first-order valence-electron chi connectivity index (χ1n) is 7.30. The van der Waals surface area contributed by atoms with E-state index in [4.69, 9.17) is 4.74 Å². The molecule has 4 aromatic rings. The Hall–Kier alpha value is -3.41. The van der Waals surface area contributed by atoms with Crippen molar-refractivity contribution < 1.29 is 9.13 Å². The van der Waals surface area contributed by atoms with Crippen LogP contribution in [0.4, 0.5) is 4.39 Å². The summed E-state index contributed by atoms with van der Waals surface area (Å²) in [4.78, 5) is 11.6. The molecule has 2 aromatic carbocycles. The lowest BCUT2D eigenvalue weighted by molar-refractivity contribution is 0.480. The van der Waals surface area contributed by atoms with Crippen molar-refractivity contribution in [2.45, 2.75) is 0 Å². The van der Waals surface area contributed by atoms with Crippen LogP contribution >= 0.6 is 0 Å². The van der Waals surface area contributed by atoms with Crippen molar-refractivity contribution in [3.05, 3.63) is 83.2 Å². The van der Waals surface area contributed by atoms with Gasteiger partial charge in [-0.1, -0.05) is 12.1 Å². The van der Waals surface area contributed by atoms with Crippen LogP contribution in [0.5, 0.6) is 11.5 Å². The number of pyridine rings is 1. The van der Waals surface area contributed by atoms with Crippen LogP contribution in [-0.2, 0) is 0 Å². The third-order valence-electron chi connectivity index (χ3n) is 3.65. The first kappa shape index (κ1) is 14.2. The molecule has 2 aromatic heterocycles. The number of nitrogens with zero attached hydrogens (tertiary/aromatic N) is 2. The number of halogens is 1. The van der Waals surface area contributed by atoms with Gasteiger partial charge >= 0.3 is 5.69 Å². The van der Waals surface area contributed by atoms with Gasteiger partial charge in [-0.15, -0.1) is 0 Å². The van der Waals surface area contributed by atoms with Crippen molar-refractivity contribution in [2.24, 2.45) is 0 Å². The van der Waals surface area contributed by atoms with E-state index in [9.17, 15) is 9.18 Å². The number of aromatic amines is 1. The van der Waals surface area contributed by atoms with Crippen molar-refractivity contribution in [3.8, 4) is 22.6 Å². The fourth-order valence-electron chi connectivity index (χ4n) is 2.43. The molecule has 2 heterocycles. The Kier molecular flexibility index (Phi) is 3.35. The maximum absolute atomic E-state index is 12.9. The molecular weight excluding hydrogens is 309 g/mol. The molecular formula is C18H12FN3O2. The molecule has 24 heavy (non-hydrogen) atoms. The number of hydrogen-bond donors (Lipinski definition) is 1. The topological polar surface area (TPSA) is 59.4 Å². The van der Waals surface area contributed by atoms with Crippen molar-refractivity contribution in [2.75, 3.05) is 0 Å². The zero-order chi connectivity index (χ0) is 16.5. The second-order valence-electron chi connectivity index (χ2n) is 5.26. The summed E-state index contributed by atoms with van der Waals surface area (Å²) in [5.74, 6) is 0.907.